The van der Waals surface area contributed by atoms with Crippen molar-refractivity contribution >= 4 is 35.8 Å². The van der Waals surface area contributed by atoms with Crippen LogP contribution in [0.1, 0.15) is 63.5 Å². The van der Waals surface area contributed by atoms with Gasteiger partial charge in [0.2, 0.25) is 5.91 Å². The van der Waals surface area contributed by atoms with E-state index < -0.39 is 0 Å². The number of nitrogens with zero attached hydrogens (tertiary/aromatic N) is 5. The first-order valence-corrected chi connectivity index (χ1v) is 10.3. The van der Waals surface area contributed by atoms with E-state index in [0.717, 1.165) is 37.1 Å². The fraction of sp³-hybridized carbons (Fsp3) is 0.789. The van der Waals surface area contributed by atoms with Crippen molar-refractivity contribution in [3.8, 4) is 0 Å². The molecule has 8 nitrogen and oxygen atoms in total. The van der Waals surface area contributed by atoms with Gasteiger partial charge in [-0.25, -0.2) is 4.99 Å². The average molecular weight is 503 g/mol. The predicted octanol–water partition coefficient (Wildman–Crippen LogP) is 2.12. The first-order valence-electron chi connectivity index (χ1n) is 10.3. The molecular weight excluding hydrogens is 469 g/mol. The number of hydrogen-bond acceptors (Lipinski definition) is 4. The van der Waals surface area contributed by atoms with Crippen molar-refractivity contribution < 1.29 is 4.79 Å². The number of aryl methyl sites for hydroxylation is 1. The van der Waals surface area contributed by atoms with E-state index >= 15 is 0 Å². The Bertz CT molecular complexity index is 669. The van der Waals surface area contributed by atoms with Gasteiger partial charge in [-0.15, -0.1) is 34.2 Å². The smallest absolute Gasteiger partial charge is 0.222 e. The summed E-state index contributed by atoms with van der Waals surface area (Å²) in [6, 6.07) is 0.720. The van der Waals surface area contributed by atoms with Crippen LogP contribution in [0.2, 0.25) is 0 Å². The summed E-state index contributed by atoms with van der Waals surface area (Å²) in [5.41, 5.74) is 0. The minimum Gasteiger partial charge on any atom is -0.354 e. The van der Waals surface area contributed by atoms with E-state index in [4.69, 9.17) is 4.99 Å². The van der Waals surface area contributed by atoms with Crippen molar-refractivity contribution in [2.75, 3.05) is 13.1 Å². The molecule has 1 aliphatic carbocycles. The third kappa shape index (κ3) is 6.05. The van der Waals surface area contributed by atoms with Gasteiger partial charge in [0, 0.05) is 38.6 Å². The number of halogens is 1. The highest BCUT2D eigenvalue weighted by molar-refractivity contribution is 14.0. The highest BCUT2D eigenvalue weighted by Crippen LogP contribution is 2.17. The van der Waals surface area contributed by atoms with Gasteiger partial charge in [-0.1, -0.05) is 26.2 Å². The van der Waals surface area contributed by atoms with Gasteiger partial charge in [0.05, 0.1) is 0 Å². The number of carbonyl (C=O) groups is 1. The van der Waals surface area contributed by atoms with E-state index in [1.165, 1.54) is 32.1 Å². The van der Waals surface area contributed by atoms with Gasteiger partial charge in [-0.2, -0.15) is 0 Å². The van der Waals surface area contributed by atoms with E-state index in [1.54, 1.807) is 0 Å². The molecule has 1 aliphatic heterocycles. The molecule has 158 valence electrons. The third-order valence-electron chi connectivity index (χ3n) is 5.69. The van der Waals surface area contributed by atoms with Crippen LogP contribution < -0.4 is 10.6 Å². The maximum atomic E-state index is 11.9. The molecule has 1 saturated carbocycles. The molecule has 1 unspecified atom stereocenters. The molecule has 1 atom stereocenters. The predicted molar refractivity (Wildman–Crippen MR) is 121 cm³/mol. The molecule has 1 aromatic rings. The van der Waals surface area contributed by atoms with Crippen LogP contribution in [0, 0.1) is 6.92 Å². The van der Waals surface area contributed by atoms with E-state index in [0.29, 0.717) is 19.0 Å². The number of rotatable bonds is 5. The molecule has 9 heteroatoms. The number of hydrogen-bond donors (Lipinski definition) is 2. The molecule has 1 amide bonds. The third-order valence-corrected chi connectivity index (χ3v) is 5.69. The SMILES string of the molecule is CCC(=O)N1CCC(NC(=NCc2nnc(C)n2C)NC2CCCCC2)C1.I. The van der Waals surface area contributed by atoms with E-state index in [9.17, 15) is 4.79 Å². The van der Waals surface area contributed by atoms with Crippen molar-refractivity contribution in [1.82, 2.24) is 30.3 Å². The summed E-state index contributed by atoms with van der Waals surface area (Å²) in [7, 11) is 1.97. The second kappa shape index (κ2) is 11.0. The van der Waals surface area contributed by atoms with Crippen molar-refractivity contribution in [3.05, 3.63) is 11.6 Å². The maximum Gasteiger partial charge on any atom is 0.222 e. The van der Waals surface area contributed by atoms with Gasteiger partial charge in [0.1, 0.15) is 12.4 Å². The molecule has 0 aromatic carbocycles. The van der Waals surface area contributed by atoms with Crippen molar-refractivity contribution in [3.63, 3.8) is 0 Å². The Morgan fingerprint density at radius 2 is 1.86 bits per heavy atom. The van der Waals surface area contributed by atoms with Gasteiger partial charge in [0.25, 0.3) is 0 Å². The standard InChI is InChI=1S/C19H33N7O.HI/c1-4-18(27)26-11-10-16(13-26)22-19(21-15-8-6-5-7-9-15)20-12-17-24-23-14(2)25(17)3;/h15-16H,4-13H2,1-3H3,(H2,20,21,22);1H. The molecule has 1 saturated heterocycles. The minimum absolute atomic E-state index is 0. The highest BCUT2D eigenvalue weighted by Gasteiger charge is 2.26. The van der Waals surface area contributed by atoms with Crippen LogP contribution in [0.5, 0.6) is 0 Å². The zero-order chi connectivity index (χ0) is 19.2. The zero-order valence-electron chi connectivity index (χ0n) is 17.3. The Kier molecular flexibility index (Phi) is 8.97. The lowest BCUT2D eigenvalue weighted by Gasteiger charge is -2.26. The Morgan fingerprint density at radius 3 is 2.50 bits per heavy atom. The first kappa shape index (κ1) is 22.9. The molecule has 2 aliphatic rings. The fourth-order valence-corrected chi connectivity index (χ4v) is 3.83. The van der Waals surface area contributed by atoms with Crippen LogP contribution in [0.15, 0.2) is 4.99 Å². The number of guanidine groups is 1. The lowest BCUT2D eigenvalue weighted by Crippen LogP contribution is -2.49. The number of carbonyl (C=O) groups excluding carboxylic acids is 1. The number of nitrogens with one attached hydrogen (secondary N) is 2. The Labute approximate surface area is 185 Å². The van der Waals surface area contributed by atoms with E-state index in [-0.39, 0.29) is 35.9 Å². The topological polar surface area (TPSA) is 87.4 Å². The number of amides is 1. The summed E-state index contributed by atoms with van der Waals surface area (Å²) >= 11 is 0. The Morgan fingerprint density at radius 1 is 1.14 bits per heavy atom. The number of likely N-dealkylation sites (tertiary alicyclic amines) is 1. The van der Waals surface area contributed by atoms with Crippen LogP contribution in [0.3, 0.4) is 0 Å². The van der Waals surface area contributed by atoms with Crippen LogP contribution in [0.25, 0.3) is 0 Å². The Hall–Kier alpha value is -1.39. The van der Waals surface area contributed by atoms with Gasteiger partial charge in [0.15, 0.2) is 11.8 Å². The fourth-order valence-electron chi connectivity index (χ4n) is 3.83. The lowest BCUT2D eigenvalue weighted by atomic mass is 9.96. The quantitative estimate of drug-likeness (QED) is 0.365. The molecule has 2 fully saturated rings. The second-order valence-corrected chi connectivity index (χ2v) is 7.69. The van der Waals surface area contributed by atoms with Crippen LogP contribution >= 0.6 is 24.0 Å². The summed E-state index contributed by atoms with van der Waals surface area (Å²) in [4.78, 5) is 18.7. The molecular formula is C19H34IN7O. The number of aromatic nitrogens is 3. The largest absolute Gasteiger partial charge is 0.354 e. The maximum absolute atomic E-state index is 11.9. The molecule has 0 radical (unpaired) electrons. The summed E-state index contributed by atoms with van der Waals surface area (Å²) in [6.45, 7) is 5.93. The van der Waals surface area contributed by atoms with Crippen LogP contribution in [-0.2, 0) is 18.4 Å². The summed E-state index contributed by atoms with van der Waals surface area (Å²) < 4.78 is 1.97. The summed E-state index contributed by atoms with van der Waals surface area (Å²) in [5, 5.41) is 15.5. The molecule has 0 spiro atoms. The lowest BCUT2D eigenvalue weighted by molar-refractivity contribution is -0.129. The van der Waals surface area contributed by atoms with E-state index in [2.05, 4.69) is 20.8 Å². The molecule has 0 bridgehead atoms. The first-order chi connectivity index (χ1) is 13.1. The molecule has 3 rings (SSSR count). The molecule has 28 heavy (non-hydrogen) atoms. The number of aliphatic imine (C=N–C) groups is 1. The minimum atomic E-state index is 0. The van der Waals surface area contributed by atoms with Crippen molar-refractivity contribution in [2.24, 2.45) is 12.0 Å². The Balaban J connectivity index is 0.00000280. The van der Waals surface area contributed by atoms with Crippen molar-refractivity contribution in [1.29, 1.82) is 0 Å². The average Bonchev–Trinajstić information content (AvgIpc) is 3.27. The van der Waals surface area contributed by atoms with Crippen molar-refractivity contribution in [2.45, 2.75) is 77.4 Å². The van der Waals surface area contributed by atoms with Gasteiger partial charge >= 0.3 is 0 Å². The molecule has 2 heterocycles. The van der Waals surface area contributed by atoms with E-state index in [1.807, 2.05) is 30.4 Å². The van der Waals surface area contributed by atoms with Gasteiger partial charge in [-0.05, 0) is 26.2 Å². The van der Waals surface area contributed by atoms with Gasteiger partial charge in [-0.3, -0.25) is 4.79 Å². The molecule has 2 N–H and O–H groups in total. The summed E-state index contributed by atoms with van der Waals surface area (Å²) in [5.74, 6) is 2.80. The van der Waals surface area contributed by atoms with Crippen LogP contribution in [0.4, 0.5) is 0 Å². The molecule has 1 aromatic heterocycles. The highest BCUT2D eigenvalue weighted by atomic mass is 127. The van der Waals surface area contributed by atoms with Crippen LogP contribution in [-0.4, -0.2) is 56.7 Å². The summed E-state index contributed by atoms with van der Waals surface area (Å²) in [6.07, 6.45) is 7.78. The zero-order valence-corrected chi connectivity index (χ0v) is 19.6. The normalized spacial score (nSPS) is 20.8. The second-order valence-electron chi connectivity index (χ2n) is 7.69. The monoisotopic (exact) mass is 503 g/mol. The van der Waals surface area contributed by atoms with Gasteiger partial charge < -0.3 is 20.1 Å².